The second kappa shape index (κ2) is 12.2. The Kier molecular flexibility index (Phi) is 9.28. The summed E-state index contributed by atoms with van der Waals surface area (Å²) < 4.78 is 57.5. The van der Waals surface area contributed by atoms with Crippen molar-refractivity contribution in [3.05, 3.63) is 95.1 Å². The van der Waals surface area contributed by atoms with E-state index >= 15 is 0 Å². The quantitative estimate of drug-likeness (QED) is 0.0984. The fourth-order valence-corrected chi connectivity index (χ4v) is 3.58. The molecule has 0 aliphatic carbocycles. The highest BCUT2D eigenvalue weighted by Crippen LogP contribution is 2.32. The zero-order chi connectivity index (χ0) is 28.8. The number of alkyl halides is 3. The molecule has 39 heavy (non-hydrogen) atoms. The Labute approximate surface area is 223 Å². The molecule has 1 aromatic heterocycles. The zero-order valence-electron chi connectivity index (χ0n) is 21.0. The van der Waals surface area contributed by atoms with Crippen molar-refractivity contribution < 1.29 is 36.0 Å². The van der Waals surface area contributed by atoms with Gasteiger partial charge in [0.2, 0.25) is 0 Å². The van der Waals surface area contributed by atoms with Crippen molar-refractivity contribution >= 4 is 38.2 Å². The van der Waals surface area contributed by atoms with E-state index in [2.05, 4.69) is 17.2 Å². The number of aromatic amines is 1. The molecule has 4 aromatic rings. The van der Waals surface area contributed by atoms with E-state index in [0.29, 0.717) is 16.8 Å². The average Bonchev–Trinajstić information content (AvgIpc) is 3.21. The van der Waals surface area contributed by atoms with Crippen LogP contribution in [0.1, 0.15) is 40.9 Å². The standard InChI is InChI=1S/C26H25N3O2.CHF3O3S/c1-3-27-16-18-9-12-21(13-10-18)28-25(19-7-5-4-6-8-19)24-22-15-20(17(2)30)11-14-23(22)29-26(24)31;2-1(3,4)8(5,6)7/h4-15,27,29,31H,3,16H2,1-2H3;(H,5,6,7). The third kappa shape index (κ3) is 7.53. The van der Waals surface area contributed by atoms with Crippen LogP contribution < -0.4 is 5.32 Å². The van der Waals surface area contributed by atoms with E-state index in [1.54, 1.807) is 12.1 Å². The molecule has 0 unspecified atom stereocenters. The largest absolute Gasteiger partial charge is 0.522 e. The minimum atomic E-state index is -5.84. The molecule has 0 radical (unpaired) electrons. The van der Waals surface area contributed by atoms with Gasteiger partial charge in [0.05, 0.1) is 17.0 Å². The summed E-state index contributed by atoms with van der Waals surface area (Å²) in [6.45, 7) is 5.34. The van der Waals surface area contributed by atoms with Crippen LogP contribution in [0.3, 0.4) is 0 Å². The number of nitrogens with one attached hydrogen (secondary N) is 2. The number of fused-ring (bicyclic) bond motifs is 1. The summed E-state index contributed by atoms with van der Waals surface area (Å²) in [6, 6.07) is 23.2. The number of carbonyl (C=O) groups excluding carboxylic acids is 1. The molecule has 0 spiro atoms. The lowest BCUT2D eigenvalue weighted by molar-refractivity contribution is -0.0510. The van der Waals surface area contributed by atoms with Crippen LogP contribution in [0.2, 0.25) is 0 Å². The molecular weight excluding hydrogens is 535 g/mol. The molecule has 0 amide bonds. The van der Waals surface area contributed by atoms with Gasteiger partial charge in [-0.05, 0) is 49.4 Å². The Balaban J connectivity index is 0.000000459. The molecule has 0 saturated heterocycles. The van der Waals surface area contributed by atoms with Gasteiger partial charge < -0.3 is 15.4 Å². The fraction of sp³-hybridized carbons (Fsp3) is 0.185. The molecule has 1 heterocycles. The number of H-pyrrole nitrogens is 1. The van der Waals surface area contributed by atoms with Gasteiger partial charge in [-0.3, -0.25) is 9.35 Å². The number of aliphatic imine (C=N–C) groups is 1. The monoisotopic (exact) mass is 561 g/mol. The van der Waals surface area contributed by atoms with E-state index in [9.17, 15) is 23.1 Å². The first-order valence-electron chi connectivity index (χ1n) is 11.6. The maximum Gasteiger partial charge on any atom is 0.522 e. The first-order chi connectivity index (χ1) is 18.3. The molecule has 3 aromatic carbocycles. The van der Waals surface area contributed by atoms with Crippen molar-refractivity contribution in [2.24, 2.45) is 4.99 Å². The van der Waals surface area contributed by atoms with Crippen LogP contribution in [0.15, 0.2) is 77.8 Å². The minimum Gasteiger partial charge on any atom is -0.494 e. The summed E-state index contributed by atoms with van der Waals surface area (Å²) in [5, 5.41) is 14.9. The number of benzene rings is 3. The first kappa shape index (κ1) is 29.6. The van der Waals surface area contributed by atoms with Gasteiger partial charge in [0, 0.05) is 28.6 Å². The first-order valence-corrected chi connectivity index (χ1v) is 13.1. The van der Waals surface area contributed by atoms with Gasteiger partial charge in [-0.15, -0.1) is 0 Å². The number of Topliss-reactive ketones (excluding diaryl/α,β-unsaturated/α-hetero) is 1. The lowest BCUT2D eigenvalue weighted by Crippen LogP contribution is -2.21. The van der Waals surface area contributed by atoms with Crippen molar-refractivity contribution in [1.82, 2.24) is 10.3 Å². The molecule has 12 heteroatoms. The predicted octanol–water partition coefficient (Wildman–Crippen LogP) is 5.75. The second-order valence-corrected chi connectivity index (χ2v) is 9.77. The molecule has 0 aliphatic rings. The van der Waals surface area contributed by atoms with E-state index in [0.717, 1.165) is 35.2 Å². The number of hydrogen-bond donors (Lipinski definition) is 4. The number of carbonyl (C=O) groups is 1. The van der Waals surface area contributed by atoms with Gasteiger partial charge in [0.1, 0.15) is 0 Å². The van der Waals surface area contributed by atoms with E-state index in [-0.39, 0.29) is 11.7 Å². The number of ketones is 1. The highest BCUT2D eigenvalue weighted by molar-refractivity contribution is 7.86. The lowest BCUT2D eigenvalue weighted by atomic mass is 9.99. The van der Waals surface area contributed by atoms with Crippen LogP contribution >= 0.6 is 0 Å². The molecule has 0 bridgehead atoms. The molecule has 0 saturated carbocycles. The van der Waals surface area contributed by atoms with Crippen LogP contribution in [0.25, 0.3) is 10.9 Å². The molecule has 0 aliphatic heterocycles. The van der Waals surface area contributed by atoms with Crippen molar-refractivity contribution in [2.75, 3.05) is 6.54 Å². The minimum absolute atomic E-state index is 0.0250. The van der Waals surface area contributed by atoms with E-state index in [4.69, 9.17) is 18.0 Å². The molecule has 4 N–H and O–H groups in total. The Bertz CT molecular complexity index is 1580. The third-order valence-corrected chi connectivity index (χ3v) is 6.10. The molecule has 0 fully saturated rings. The number of aromatic hydroxyl groups is 1. The maximum absolute atomic E-state index is 11.9. The molecule has 4 rings (SSSR count). The summed E-state index contributed by atoms with van der Waals surface area (Å²) >= 11 is 0. The van der Waals surface area contributed by atoms with Crippen LogP contribution in [0.5, 0.6) is 5.88 Å². The van der Waals surface area contributed by atoms with Crippen molar-refractivity contribution in [2.45, 2.75) is 25.9 Å². The summed E-state index contributed by atoms with van der Waals surface area (Å²) in [5.41, 5.74) is -0.115. The molecule has 206 valence electrons. The van der Waals surface area contributed by atoms with Crippen molar-refractivity contribution in [3.8, 4) is 5.88 Å². The van der Waals surface area contributed by atoms with Crippen molar-refractivity contribution in [3.63, 3.8) is 0 Å². The Morgan fingerprint density at radius 1 is 1.00 bits per heavy atom. The maximum atomic E-state index is 11.9. The van der Waals surface area contributed by atoms with E-state index < -0.39 is 15.6 Å². The SMILES string of the molecule is CCNCc1ccc(N=C(c2ccccc2)c2c(O)[nH]c3ccc(C(C)=O)cc23)cc1.O=S(=O)(O)C(F)(F)F. The average molecular weight is 562 g/mol. The van der Waals surface area contributed by atoms with Crippen LogP contribution in [-0.4, -0.2) is 46.6 Å². The van der Waals surface area contributed by atoms with Gasteiger partial charge in [-0.25, -0.2) is 4.99 Å². The lowest BCUT2D eigenvalue weighted by Gasteiger charge is -2.09. The molecule has 0 atom stereocenters. The number of rotatable bonds is 7. The van der Waals surface area contributed by atoms with Gasteiger partial charge in [0.15, 0.2) is 11.7 Å². The Morgan fingerprint density at radius 3 is 2.15 bits per heavy atom. The Hall–Kier alpha value is -4.00. The smallest absolute Gasteiger partial charge is 0.494 e. The second-order valence-electron chi connectivity index (χ2n) is 8.36. The number of nitrogens with zero attached hydrogens (tertiary/aromatic N) is 1. The number of aromatic nitrogens is 1. The fourth-order valence-electron chi connectivity index (χ4n) is 3.58. The van der Waals surface area contributed by atoms with Gasteiger partial charge >= 0.3 is 15.6 Å². The van der Waals surface area contributed by atoms with Gasteiger partial charge in [0.25, 0.3) is 0 Å². The number of halogens is 3. The zero-order valence-corrected chi connectivity index (χ0v) is 21.8. The summed E-state index contributed by atoms with van der Waals surface area (Å²) in [5.74, 6) is 0.00471. The van der Waals surface area contributed by atoms with Crippen LogP contribution in [0, 0.1) is 0 Å². The predicted molar refractivity (Wildman–Crippen MR) is 143 cm³/mol. The highest BCUT2D eigenvalue weighted by atomic mass is 32.2. The highest BCUT2D eigenvalue weighted by Gasteiger charge is 2.44. The Morgan fingerprint density at radius 2 is 1.62 bits per heavy atom. The van der Waals surface area contributed by atoms with E-state index in [1.165, 1.54) is 12.5 Å². The van der Waals surface area contributed by atoms with Gasteiger partial charge in [-0.2, -0.15) is 21.6 Å². The summed E-state index contributed by atoms with van der Waals surface area (Å²) in [6.07, 6.45) is 0. The summed E-state index contributed by atoms with van der Waals surface area (Å²) in [7, 11) is -5.84. The van der Waals surface area contributed by atoms with Crippen LogP contribution in [0.4, 0.5) is 18.9 Å². The summed E-state index contributed by atoms with van der Waals surface area (Å²) in [4.78, 5) is 19.9. The van der Waals surface area contributed by atoms with Crippen molar-refractivity contribution in [1.29, 1.82) is 0 Å². The van der Waals surface area contributed by atoms with Gasteiger partial charge in [-0.1, -0.05) is 49.4 Å². The molecule has 8 nitrogen and oxygen atoms in total. The van der Waals surface area contributed by atoms with Crippen LogP contribution in [-0.2, 0) is 16.7 Å². The normalized spacial score (nSPS) is 12.2. The third-order valence-electron chi connectivity index (χ3n) is 5.52. The number of hydrogen-bond acceptors (Lipinski definition) is 6. The molecular formula is C27H26F3N3O5S. The topological polar surface area (TPSA) is 132 Å². The van der Waals surface area contributed by atoms with E-state index in [1.807, 2.05) is 60.7 Å².